The molecule has 0 aliphatic heterocycles. The summed E-state index contributed by atoms with van der Waals surface area (Å²) in [4.78, 5) is 20.8. The van der Waals surface area contributed by atoms with E-state index in [1.807, 2.05) is 24.3 Å². The summed E-state index contributed by atoms with van der Waals surface area (Å²) in [6.45, 7) is 2.10. The molecule has 0 saturated carbocycles. The number of aromatic nitrogens is 3. The molecule has 0 fully saturated rings. The average Bonchev–Trinajstić information content (AvgIpc) is 3.32. The lowest BCUT2D eigenvalue weighted by atomic mass is 10.1. The smallest absolute Gasteiger partial charge is 0.227 e. The van der Waals surface area contributed by atoms with E-state index in [1.165, 1.54) is 29.0 Å². The first kappa shape index (κ1) is 18.2. The van der Waals surface area contributed by atoms with Gasteiger partial charge in [0.15, 0.2) is 5.13 Å². The third-order valence-electron chi connectivity index (χ3n) is 4.25. The Morgan fingerprint density at radius 3 is 2.79 bits per heavy atom. The molecule has 8 heteroatoms. The molecule has 142 valence electrons. The normalized spacial score (nSPS) is 11.1. The van der Waals surface area contributed by atoms with Crippen LogP contribution in [0.25, 0.3) is 21.6 Å². The summed E-state index contributed by atoms with van der Waals surface area (Å²) in [7, 11) is 0. The standard InChI is InChI=1S/C20H17FN4O2S/c1-2-12-3-5-13(6-4-12)19-24-18(27-25-19)10-9-17(26)23-20-22-15-8-7-14(21)11-16(15)28-20/h3-8,11H,2,9-10H2,1H3,(H,22,23,26). The minimum absolute atomic E-state index is 0.181. The average molecular weight is 396 g/mol. The lowest BCUT2D eigenvalue weighted by molar-refractivity contribution is -0.116. The van der Waals surface area contributed by atoms with Gasteiger partial charge in [-0.1, -0.05) is 47.7 Å². The number of fused-ring (bicyclic) bond motifs is 1. The summed E-state index contributed by atoms with van der Waals surface area (Å²) >= 11 is 1.23. The highest BCUT2D eigenvalue weighted by Gasteiger charge is 2.12. The van der Waals surface area contributed by atoms with Gasteiger partial charge in [0.2, 0.25) is 17.6 Å². The SMILES string of the molecule is CCc1ccc(-c2noc(CCC(=O)Nc3nc4ccc(F)cc4s3)n2)cc1. The number of rotatable bonds is 6. The van der Waals surface area contributed by atoms with Crippen molar-refractivity contribution in [3.63, 3.8) is 0 Å². The van der Waals surface area contributed by atoms with E-state index in [9.17, 15) is 9.18 Å². The van der Waals surface area contributed by atoms with Crippen molar-refractivity contribution in [1.82, 2.24) is 15.1 Å². The second kappa shape index (κ2) is 7.85. The van der Waals surface area contributed by atoms with E-state index in [0.29, 0.717) is 33.5 Å². The molecular formula is C20H17FN4O2S. The number of nitrogens with one attached hydrogen (secondary N) is 1. The van der Waals surface area contributed by atoms with Crippen LogP contribution in [-0.4, -0.2) is 21.0 Å². The maximum absolute atomic E-state index is 13.2. The van der Waals surface area contributed by atoms with E-state index in [1.54, 1.807) is 6.07 Å². The molecule has 4 aromatic rings. The molecule has 2 aromatic carbocycles. The Bertz CT molecular complexity index is 1120. The summed E-state index contributed by atoms with van der Waals surface area (Å²) in [5.41, 5.74) is 2.76. The van der Waals surface area contributed by atoms with Crippen molar-refractivity contribution in [2.45, 2.75) is 26.2 Å². The number of hydrogen-bond donors (Lipinski definition) is 1. The van der Waals surface area contributed by atoms with Gasteiger partial charge in [-0.15, -0.1) is 0 Å². The van der Waals surface area contributed by atoms with E-state index in [-0.39, 0.29) is 18.1 Å². The Morgan fingerprint density at radius 2 is 2.00 bits per heavy atom. The van der Waals surface area contributed by atoms with Crippen molar-refractivity contribution in [3.8, 4) is 11.4 Å². The maximum Gasteiger partial charge on any atom is 0.227 e. The van der Waals surface area contributed by atoms with E-state index in [4.69, 9.17) is 4.52 Å². The molecule has 0 aliphatic carbocycles. The molecule has 0 saturated heterocycles. The van der Waals surface area contributed by atoms with Crippen LogP contribution in [-0.2, 0) is 17.6 Å². The van der Waals surface area contributed by atoms with Gasteiger partial charge < -0.3 is 9.84 Å². The van der Waals surface area contributed by atoms with Crippen molar-refractivity contribution < 1.29 is 13.7 Å². The molecule has 0 spiro atoms. The van der Waals surface area contributed by atoms with Crippen molar-refractivity contribution in [3.05, 3.63) is 59.7 Å². The number of benzene rings is 2. The number of carbonyl (C=O) groups excluding carboxylic acids is 1. The monoisotopic (exact) mass is 396 g/mol. The molecule has 0 atom stereocenters. The molecule has 2 aromatic heterocycles. The quantitative estimate of drug-likeness (QED) is 0.514. The van der Waals surface area contributed by atoms with Gasteiger partial charge in [0.25, 0.3) is 0 Å². The van der Waals surface area contributed by atoms with Crippen molar-refractivity contribution >= 4 is 32.6 Å². The van der Waals surface area contributed by atoms with E-state index in [2.05, 4.69) is 27.4 Å². The minimum Gasteiger partial charge on any atom is -0.339 e. The maximum atomic E-state index is 13.2. The van der Waals surface area contributed by atoms with Gasteiger partial charge in [-0.05, 0) is 30.2 Å². The van der Waals surface area contributed by atoms with E-state index in [0.717, 1.165) is 12.0 Å². The first-order valence-electron chi connectivity index (χ1n) is 8.88. The minimum atomic E-state index is -0.328. The Morgan fingerprint density at radius 1 is 1.18 bits per heavy atom. The third kappa shape index (κ3) is 4.07. The van der Waals surface area contributed by atoms with Crippen molar-refractivity contribution in [2.24, 2.45) is 0 Å². The van der Waals surface area contributed by atoms with Crippen LogP contribution in [0.5, 0.6) is 0 Å². The second-order valence-electron chi connectivity index (χ2n) is 6.24. The highest BCUT2D eigenvalue weighted by atomic mass is 32.1. The topological polar surface area (TPSA) is 80.9 Å². The van der Waals surface area contributed by atoms with E-state index < -0.39 is 0 Å². The molecule has 0 aliphatic rings. The number of anilines is 1. The predicted molar refractivity (Wildman–Crippen MR) is 106 cm³/mol. The zero-order valence-electron chi connectivity index (χ0n) is 15.1. The van der Waals surface area contributed by atoms with Crippen LogP contribution in [0.4, 0.5) is 9.52 Å². The number of aryl methyl sites for hydroxylation is 2. The van der Waals surface area contributed by atoms with Gasteiger partial charge in [0.05, 0.1) is 10.2 Å². The van der Waals surface area contributed by atoms with Gasteiger partial charge in [-0.2, -0.15) is 4.98 Å². The predicted octanol–water partition coefficient (Wildman–Crippen LogP) is 4.62. The Kier molecular flexibility index (Phi) is 5.12. The van der Waals surface area contributed by atoms with E-state index >= 15 is 0 Å². The van der Waals surface area contributed by atoms with Gasteiger partial charge in [-0.3, -0.25) is 4.79 Å². The first-order chi connectivity index (χ1) is 13.6. The van der Waals surface area contributed by atoms with Crippen LogP contribution < -0.4 is 5.32 Å². The Hall–Kier alpha value is -3.13. The number of hydrogen-bond acceptors (Lipinski definition) is 6. The second-order valence-corrected chi connectivity index (χ2v) is 7.27. The summed E-state index contributed by atoms with van der Waals surface area (Å²) in [6, 6.07) is 12.3. The van der Waals surface area contributed by atoms with Gasteiger partial charge in [-0.25, -0.2) is 9.37 Å². The molecule has 1 amide bonds. The molecule has 0 unspecified atom stereocenters. The molecule has 0 radical (unpaired) electrons. The van der Waals surface area contributed by atoms with Crippen LogP contribution in [0.15, 0.2) is 47.0 Å². The lowest BCUT2D eigenvalue weighted by Crippen LogP contribution is -2.12. The fourth-order valence-corrected chi connectivity index (χ4v) is 3.62. The molecule has 0 bridgehead atoms. The van der Waals surface area contributed by atoms with Gasteiger partial charge in [0, 0.05) is 18.4 Å². The third-order valence-corrected chi connectivity index (χ3v) is 5.18. The number of nitrogens with zero attached hydrogens (tertiary/aromatic N) is 3. The number of amides is 1. The highest BCUT2D eigenvalue weighted by molar-refractivity contribution is 7.22. The lowest BCUT2D eigenvalue weighted by Gasteiger charge is -1.99. The summed E-state index contributed by atoms with van der Waals surface area (Å²) in [5.74, 6) is 0.361. The van der Waals surface area contributed by atoms with Gasteiger partial charge in [0.1, 0.15) is 5.82 Å². The van der Waals surface area contributed by atoms with Gasteiger partial charge >= 0.3 is 0 Å². The van der Waals surface area contributed by atoms with Crippen LogP contribution in [0.2, 0.25) is 0 Å². The number of halogens is 1. The Labute approximate surface area is 164 Å². The largest absolute Gasteiger partial charge is 0.339 e. The fourth-order valence-electron chi connectivity index (χ4n) is 2.72. The molecule has 2 heterocycles. The van der Waals surface area contributed by atoms with Crippen LogP contribution >= 0.6 is 11.3 Å². The first-order valence-corrected chi connectivity index (χ1v) is 9.70. The molecule has 28 heavy (non-hydrogen) atoms. The number of carbonyl (C=O) groups is 1. The summed E-state index contributed by atoms with van der Waals surface area (Å²) < 4.78 is 19.2. The molecule has 6 nitrogen and oxygen atoms in total. The molecule has 4 rings (SSSR count). The highest BCUT2D eigenvalue weighted by Crippen LogP contribution is 2.26. The summed E-state index contributed by atoms with van der Waals surface area (Å²) in [6.07, 6.45) is 1.47. The zero-order chi connectivity index (χ0) is 19.5. The van der Waals surface area contributed by atoms with Crippen LogP contribution in [0, 0.1) is 5.82 Å². The van der Waals surface area contributed by atoms with Crippen molar-refractivity contribution in [2.75, 3.05) is 5.32 Å². The molecular weight excluding hydrogens is 379 g/mol. The number of thiazole rings is 1. The van der Waals surface area contributed by atoms with Crippen LogP contribution in [0.3, 0.4) is 0 Å². The summed E-state index contributed by atoms with van der Waals surface area (Å²) in [5, 5.41) is 7.14. The zero-order valence-corrected chi connectivity index (χ0v) is 15.9. The van der Waals surface area contributed by atoms with Crippen molar-refractivity contribution in [1.29, 1.82) is 0 Å². The Balaban J connectivity index is 1.36. The fraction of sp³-hybridized carbons (Fsp3) is 0.200. The van der Waals surface area contributed by atoms with Crippen LogP contribution in [0.1, 0.15) is 24.8 Å². The molecule has 1 N–H and O–H groups in total.